The Kier molecular flexibility index (Phi) is 3.70. The first kappa shape index (κ1) is 12.5. The van der Waals surface area contributed by atoms with Crippen LogP contribution in [0.4, 0.5) is 0 Å². The van der Waals surface area contributed by atoms with Crippen molar-refractivity contribution in [3.8, 4) is 0 Å². The lowest BCUT2D eigenvalue weighted by atomic mass is 10.2. The second-order valence-electron chi connectivity index (χ2n) is 4.83. The number of fused-ring (bicyclic) bond motifs is 1. The quantitative estimate of drug-likeness (QED) is 0.819. The summed E-state index contributed by atoms with van der Waals surface area (Å²) in [6.45, 7) is 6.57. The molecule has 0 radical (unpaired) electrons. The van der Waals surface area contributed by atoms with E-state index in [1.807, 2.05) is 10.7 Å². The second kappa shape index (κ2) is 5.63. The van der Waals surface area contributed by atoms with Crippen molar-refractivity contribution in [2.45, 2.75) is 26.3 Å². The highest BCUT2D eigenvalue weighted by Gasteiger charge is 2.15. The van der Waals surface area contributed by atoms with Crippen molar-refractivity contribution >= 4 is 5.65 Å². The monoisotopic (exact) mass is 261 g/mol. The lowest BCUT2D eigenvalue weighted by molar-refractivity contribution is 0.0342. The van der Waals surface area contributed by atoms with Gasteiger partial charge in [0, 0.05) is 37.8 Å². The predicted octanol–water partition coefficient (Wildman–Crippen LogP) is 0.909. The minimum atomic E-state index is 0.810. The van der Waals surface area contributed by atoms with E-state index in [2.05, 4.69) is 26.9 Å². The molecule has 102 valence electrons. The number of hydrogen-bond donors (Lipinski definition) is 0. The predicted molar refractivity (Wildman–Crippen MR) is 70.9 cm³/mol. The number of rotatable bonds is 4. The Bertz CT molecular complexity index is 547. The second-order valence-corrected chi connectivity index (χ2v) is 4.83. The Hall–Kier alpha value is -1.53. The summed E-state index contributed by atoms with van der Waals surface area (Å²) in [6, 6.07) is 0. The van der Waals surface area contributed by atoms with Crippen LogP contribution >= 0.6 is 0 Å². The topological polar surface area (TPSA) is 55.5 Å². The van der Waals surface area contributed by atoms with Crippen LogP contribution in [0.25, 0.3) is 5.65 Å². The average molecular weight is 261 g/mol. The van der Waals surface area contributed by atoms with E-state index in [4.69, 9.17) is 4.74 Å². The Balaban J connectivity index is 1.87. The first-order valence-corrected chi connectivity index (χ1v) is 6.85. The molecule has 3 heterocycles. The molecular formula is C13H19N5O. The molecule has 2 aromatic heterocycles. The first-order valence-electron chi connectivity index (χ1n) is 6.85. The number of hydrogen-bond acceptors (Lipinski definition) is 5. The third kappa shape index (κ3) is 2.59. The van der Waals surface area contributed by atoms with E-state index < -0.39 is 0 Å². The van der Waals surface area contributed by atoms with Crippen molar-refractivity contribution in [1.29, 1.82) is 0 Å². The molecule has 0 saturated carbocycles. The molecule has 0 amide bonds. The number of nitrogens with zero attached hydrogens (tertiary/aromatic N) is 5. The molecule has 2 aromatic rings. The van der Waals surface area contributed by atoms with Gasteiger partial charge in [-0.25, -0.2) is 9.97 Å². The van der Waals surface area contributed by atoms with E-state index in [1.54, 1.807) is 6.33 Å². The smallest absolute Gasteiger partial charge is 0.163 e. The number of aryl methyl sites for hydroxylation is 1. The van der Waals surface area contributed by atoms with Gasteiger partial charge in [-0.2, -0.15) is 9.61 Å². The Labute approximate surface area is 112 Å². The highest BCUT2D eigenvalue weighted by molar-refractivity contribution is 5.45. The lowest BCUT2D eigenvalue weighted by Crippen LogP contribution is -2.35. The fourth-order valence-corrected chi connectivity index (χ4v) is 2.42. The van der Waals surface area contributed by atoms with Crippen LogP contribution in [-0.2, 0) is 17.7 Å². The summed E-state index contributed by atoms with van der Waals surface area (Å²) in [4.78, 5) is 11.3. The average Bonchev–Trinajstić information content (AvgIpc) is 2.93. The largest absolute Gasteiger partial charge is 0.379 e. The van der Waals surface area contributed by atoms with Gasteiger partial charge in [-0.15, -0.1) is 0 Å². The van der Waals surface area contributed by atoms with Gasteiger partial charge in [0.25, 0.3) is 0 Å². The van der Waals surface area contributed by atoms with Gasteiger partial charge in [0.05, 0.1) is 13.2 Å². The molecule has 3 rings (SSSR count). The van der Waals surface area contributed by atoms with Crippen LogP contribution < -0.4 is 0 Å². The summed E-state index contributed by atoms with van der Waals surface area (Å²) in [6.07, 6.45) is 5.55. The third-order valence-corrected chi connectivity index (χ3v) is 3.42. The van der Waals surface area contributed by atoms with Crippen LogP contribution in [0.5, 0.6) is 0 Å². The maximum atomic E-state index is 5.37. The fraction of sp³-hybridized carbons (Fsp3) is 0.615. The number of aromatic nitrogens is 4. The highest BCUT2D eigenvalue weighted by Crippen LogP contribution is 2.13. The van der Waals surface area contributed by atoms with Gasteiger partial charge < -0.3 is 4.74 Å². The van der Waals surface area contributed by atoms with Gasteiger partial charge in [-0.3, -0.25) is 4.90 Å². The van der Waals surface area contributed by atoms with Gasteiger partial charge >= 0.3 is 0 Å². The van der Waals surface area contributed by atoms with Crippen molar-refractivity contribution in [3.05, 3.63) is 23.9 Å². The summed E-state index contributed by atoms with van der Waals surface area (Å²) in [5, 5.41) is 4.29. The molecule has 0 bridgehead atoms. The maximum Gasteiger partial charge on any atom is 0.163 e. The molecule has 1 saturated heterocycles. The minimum absolute atomic E-state index is 0.810. The molecule has 1 fully saturated rings. The van der Waals surface area contributed by atoms with Crippen LogP contribution in [0.2, 0.25) is 0 Å². The number of morpholine rings is 1. The molecule has 6 nitrogen and oxygen atoms in total. The van der Waals surface area contributed by atoms with Crippen LogP contribution in [0.1, 0.15) is 24.7 Å². The molecular weight excluding hydrogens is 242 g/mol. The van der Waals surface area contributed by atoms with Crippen LogP contribution in [-0.4, -0.2) is 50.8 Å². The zero-order chi connectivity index (χ0) is 13.1. The van der Waals surface area contributed by atoms with Crippen molar-refractivity contribution in [1.82, 2.24) is 24.5 Å². The van der Waals surface area contributed by atoms with Crippen LogP contribution in [0.15, 0.2) is 12.5 Å². The zero-order valence-corrected chi connectivity index (χ0v) is 11.2. The van der Waals surface area contributed by atoms with Crippen LogP contribution in [0.3, 0.4) is 0 Å². The van der Waals surface area contributed by atoms with E-state index in [-0.39, 0.29) is 0 Å². The van der Waals surface area contributed by atoms with Crippen LogP contribution in [0, 0.1) is 0 Å². The molecule has 19 heavy (non-hydrogen) atoms. The number of ether oxygens (including phenoxy) is 1. The van der Waals surface area contributed by atoms with Gasteiger partial charge in [0.15, 0.2) is 5.65 Å². The molecule has 0 aromatic carbocycles. The lowest BCUT2D eigenvalue weighted by Gasteiger charge is -2.26. The molecule has 6 heteroatoms. The molecule has 0 atom stereocenters. The first-order chi connectivity index (χ1) is 9.38. The molecule has 0 aliphatic carbocycles. The summed E-state index contributed by atoms with van der Waals surface area (Å²) in [5.74, 6) is 0.987. The molecule has 1 aliphatic heterocycles. The van der Waals surface area contributed by atoms with E-state index in [0.717, 1.165) is 62.7 Å². The van der Waals surface area contributed by atoms with Crippen molar-refractivity contribution < 1.29 is 4.74 Å². The molecule has 0 unspecified atom stereocenters. The molecule has 0 N–H and O–H groups in total. The van der Waals surface area contributed by atoms with Crippen molar-refractivity contribution in [3.63, 3.8) is 0 Å². The van der Waals surface area contributed by atoms with Gasteiger partial charge in [-0.1, -0.05) is 6.92 Å². The maximum absolute atomic E-state index is 5.37. The summed E-state index contributed by atoms with van der Waals surface area (Å²) in [5.41, 5.74) is 2.07. The van der Waals surface area contributed by atoms with Gasteiger partial charge in [-0.05, 0) is 6.42 Å². The SMILES string of the molecule is CCCc1ncc(CN2CCOCC2)c2ncnn12. The van der Waals surface area contributed by atoms with E-state index >= 15 is 0 Å². The normalized spacial score (nSPS) is 17.1. The van der Waals surface area contributed by atoms with Gasteiger partial charge in [0.2, 0.25) is 0 Å². The van der Waals surface area contributed by atoms with Gasteiger partial charge in [0.1, 0.15) is 12.2 Å². The van der Waals surface area contributed by atoms with E-state index in [1.165, 1.54) is 0 Å². The Morgan fingerprint density at radius 1 is 1.26 bits per heavy atom. The summed E-state index contributed by atoms with van der Waals surface area (Å²) in [7, 11) is 0. The minimum Gasteiger partial charge on any atom is -0.379 e. The molecule has 1 aliphatic rings. The van der Waals surface area contributed by atoms with Crippen molar-refractivity contribution in [2.24, 2.45) is 0 Å². The highest BCUT2D eigenvalue weighted by atomic mass is 16.5. The standard InChI is InChI=1S/C13H19N5O/c1-2-3-12-14-8-11(13-15-10-16-18(12)13)9-17-4-6-19-7-5-17/h8,10H,2-7,9H2,1H3. The van der Waals surface area contributed by atoms with E-state index in [0.29, 0.717) is 0 Å². The van der Waals surface area contributed by atoms with Crippen molar-refractivity contribution in [2.75, 3.05) is 26.3 Å². The fourth-order valence-electron chi connectivity index (χ4n) is 2.42. The summed E-state index contributed by atoms with van der Waals surface area (Å²) < 4.78 is 7.24. The third-order valence-electron chi connectivity index (χ3n) is 3.42. The summed E-state index contributed by atoms with van der Waals surface area (Å²) >= 11 is 0. The van der Waals surface area contributed by atoms with E-state index in [9.17, 15) is 0 Å². The Morgan fingerprint density at radius 3 is 2.89 bits per heavy atom. The Morgan fingerprint density at radius 2 is 2.11 bits per heavy atom. The zero-order valence-electron chi connectivity index (χ0n) is 11.2. The molecule has 0 spiro atoms.